The van der Waals surface area contributed by atoms with Crippen LogP contribution in [0.15, 0.2) is 89.5 Å². The summed E-state index contributed by atoms with van der Waals surface area (Å²) in [5, 5.41) is 0. The minimum Gasteiger partial charge on any atom is -0.427 e. The lowest BCUT2D eigenvalue weighted by atomic mass is 10.0. The van der Waals surface area contributed by atoms with Crippen LogP contribution in [0.5, 0.6) is 5.75 Å². The van der Waals surface area contributed by atoms with Gasteiger partial charge >= 0.3 is 5.97 Å². The van der Waals surface area contributed by atoms with Crippen LogP contribution >= 0.6 is 0 Å². The van der Waals surface area contributed by atoms with E-state index in [0.717, 1.165) is 22.3 Å². The smallest absolute Gasteiger partial charge is 0.308 e. The number of fused-ring (bicyclic) bond motifs is 2. The second-order valence-corrected chi connectivity index (χ2v) is 6.77. The van der Waals surface area contributed by atoms with Gasteiger partial charge in [0.2, 0.25) is 0 Å². The summed E-state index contributed by atoms with van der Waals surface area (Å²) in [4.78, 5) is 33.7. The van der Waals surface area contributed by atoms with E-state index >= 15 is 0 Å². The minimum atomic E-state index is -0.429. The molecule has 4 rings (SSSR count). The predicted octanol–water partition coefficient (Wildman–Crippen LogP) is 3.90. The van der Waals surface area contributed by atoms with Crippen molar-refractivity contribution in [3.8, 4) is 5.75 Å². The number of amidine groups is 2. The molecule has 1 amide bonds. The van der Waals surface area contributed by atoms with E-state index in [4.69, 9.17) is 4.74 Å². The van der Waals surface area contributed by atoms with E-state index in [-0.39, 0.29) is 5.97 Å². The van der Waals surface area contributed by atoms with E-state index in [2.05, 4.69) is 16.6 Å². The van der Waals surface area contributed by atoms with Crippen LogP contribution in [0.4, 0.5) is 0 Å². The molecule has 0 unspecified atom stereocenters. The van der Waals surface area contributed by atoms with E-state index in [0.29, 0.717) is 24.0 Å². The maximum atomic E-state index is 11.8. The van der Waals surface area contributed by atoms with Crippen molar-refractivity contribution in [1.29, 1.82) is 0 Å². The maximum absolute atomic E-state index is 11.8. The first-order valence-electron chi connectivity index (χ1n) is 9.41. The van der Waals surface area contributed by atoms with Gasteiger partial charge in [-0.15, -0.1) is 0 Å². The highest BCUT2D eigenvalue weighted by atomic mass is 16.5. The summed E-state index contributed by atoms with van der Waals surface area (Å²) in [6.07, 6.45) is 7.04. The zero-order chi connectivity index (χ0) is 21.1. The number of hydrogen-bond donors (Lipinski definition) is 0. The Bertz CT molecular complexity index is 1150. The van der Waals surface area contributed by atoms with Gasteiger partial charge in [-0.2, -0.15) is 4.99 Å². The Kier molecular flexibility index (Phi) is 5.22. The predicted molar refractivity (Wildman–Crippen MR) is 116 cm³/mol. The van der Waals surface area contributed by atoms with E-state index in [1.165, 1.54) is 13.0 Å². The first kappa shape index (κ1) is 19.3. The van der Waals surface area contributed by atoms with Gasteiger partial charge in [-0.3, -0.25) is 9.59 Å². The van der Waals surface area contributed by atoms with Crippen molar-refractivity contribution in [3.63, 3.8) is 0 Å². The molecule has 0 spiro atoms. The quantitative estimate of drug-likeness (QED) is 0.447. The van der Waals surface area contributed by atoms with Gasteiger partial charge in [0.1, 0.15) is 11.6 Å². The fourth-order valence-corrected chi connectivity index (χ4v) is 3.28. The number of aliphatic imine (C=N–C) groups is 2. The van der Waals surface area contributed by atoms with Gasteiger partial charge in [-0.25, -0.2) is 4.99 Å². The molecule has 148 valence electrons. The number of esters is 1. The Balaban J connectivity index is 1.70. The van der Waals surface area contributed by atoms with Crippen molar-refractivity contribution in [2.24, 2.45) is 9.98 Å². The monoisotopic (exact) mass is 397 g/mol. The number of carbonyl (C=O) groups is 2. The van der Waals surface area contributed by atoms with E-state index < -0.39 is 5.91 Å². The molecule has 30 heavy (non-hydrogen) atoms. The lowest BCUT2D eigenvalue weighted by Crippen LogP contribution is -2.25. The molecule has 0 bridgehead atoms. The van der Waals surface area contributed by atoms with Crippen molar-refractivity contribution in [2.45, 2.75) is 13.5 Å². The molecule has 6 nitrogen and oxygen atoms in total. The normalized spacial score (nSPS) is 16.0. The number of nitrogens with zero attached hydrogens (tertiary/aromatic N) is 3. The third kappa shape index (κ3) is 4.03. The van der Waals surface area contributed by atoms with Crippen molar-refractivity contribution in [1.82, 2.24) is 4.90 Å². The van der Waals surface area contributed by atoms with Crippen LogP contribution in [-0.4, -0.2) is 28.4 Å². The second-order valence-electron chi connectivity index (χ2n) is 6.77. The molecule has 2 aromatic carbocycles. The van der Waals surface area contributed by atoms with Crippen molar-refractivity contribution >= 4 is 29.1 Å². The Morgan fingerprint density at radius 2 is 1.90 bits per heavy atom. The second kappa shape index (κ2) is 8.13. The molecule has 0 N–H and O–H groups in total. The van der Waals surface area contributed by atoms with Crippen LogP contribution in [0, 0.1) is 0 Å². The van der Waals surface area contributed by atoms with Gasteiger partial charge in [0.05, 0.1) is 0 Å². The number of ether oxygens (including phenoxy) is 1. The average Bonchev–Trinajstić information content (AvgIpc) is 2.89. The van der Waals surface area contributed by atoms with E-state index in [1.807, 2.05) is 59.7 Å². The van der Waals surface area contributed by atoms with Crippen molar-refractivity contribution in [3.05, 3.63) is 96.2 Å². The topological polar surface area (TPSA) is 71.3 Å². The fourth-order valence-electron chi connectivity index (χ4n) is 3.28. The fraction of sp³-hybridized carbons (Fsp3) is 0.0833. The third-order valence-electron chi connectivity index (χ3n) is 4.66. The molecule has 6 heteroatoms. The molecule has 2 aliphatic rings. The molecule has 0 aliphatic carbocycles. The van der Waals surface area contributed by atoms with Gasteiger partial charge in [0, 0.05) is 25.2 Å². The Hall–Kier alpha value is -4.06. The lowest BCUT2D eigenvalue weighted by molar-refractivity contribution is -0.131. The number of carbonyl (C=O) groups excluding carboxylic acids is 2. The number of allylic oxidation sites excluding steroid dienone is 2. The highest BCUT2D eigenvalue weighted by Gasteiger charge is 2.22. The standard InChI is InChI=1S/C24H19N3O3/c1-3-23(29)26-24-21-7-5-4-6-19(21)15-27-14-18(10-13-22(27)25-24)17-8-11-20(12-9-17)30-16(2)28/h3-14H,1,15H2,2H3/b26-24-. The van der Waals surface area contributed by atoms with Crippen LogP contribution in [0.1, 0.15) is 23.6 Å². The highest BCUT2D eigenvalue weighted by molar-refractivity contribution is 6.16. The van der Waals surface area contributed by atoms with Crippen LogP contribution in [0.25, 0.3) is 5.57 Å². The first-order chi connectivity index (χ1) is 14.5. The summed E-state index contributed by atoms with van der Waals surface area (Å²) in [5.74, 6) is 0.796. The Labute approximate surface area is 174 Å². The Morgan fingerprint density at radius 1 is 1.13 bits per heavy atom. The number of benzene rings is 2. The van der Waals surface area contributed by atoms with E-state index in [1.54, 1.807) is 12.1 Å². The number of hydrogen-bond acceptors (Lipinski definition) is 4. The van der Waals surface area contributed by atoms with Crippen LogP contribution in [0.2, 0.25) is 0 Å². The molecule has 2 aromatic rings. The summed E-state index contributed by atoms with van der Waals surface area (Å²) in [6.45, 7) is 5.45. The maximum Gasteiger partial charge on any atom is 0.308 e. The zero-order valence-corrected chi connectivity index (χ0v) is 16.4. The summed E-state index contributed by atoms with van der Waals surface area (Å²) in [5.41, 5.74) is 3.81. The summed E-state index contributed by atoms with van der Waals surface area (Å²) < 4.78 is 5.10. The summed E-state index contributed by atoms with van der Waals surface area (Å²) in [6, 6.07) is 15.1. The van der Waals surface area contributed by atoms with E-state index in [9.17, 15) is 9.59 Å². The number of amides is 1. The SMILES string of the molecule is C=CC(=O)/N=C1\N=C2C=CC(c3ccc(OC(C)=O)cc3)=CN2Cc2ccccc21. The van der Waals surface area contributed by atoms with Gasteiger partial charge in [-0.05, 0) is 47.1 Å². The first-order valence-corrected chi connectivity index (χ1v) is 9.41. The molecule has 2 aliphatic heterocycles. The van der Waals surface area contributed by atoms with Gasteiger partial charge in [-0.1, -0.05) is 43.0 Å². The molecule has 2 heterocycles. The van der Waals surface area contributed by atoms with Crippen LogP contribution in [0.3, 0.4) is 0 Å². The van der Waals surface area contributed by atoms with Crippen LogP contribution in [-0.2, 0) is 16.1 Å². The summed E-state index contributed by atoms with van der Waals surface area (Å²) >= 11 is 0. The largest absolute Gasteiger partial charge is 0.427 e. The Morgan fingerprint density at radius 3 is 2.63 bits per heavy atom. The molecular weight excluding hydrogens is 378 g/mol. The lowest BCUT2D eigenvalue weighted by Gasteiger charge is -2.23. The molecular formula is C24H19N3O3. The van der Waals surface area contributed by atoms with Gasteiger partial charge in [0.25, 0.3) is 5.91 Å². The third-order valence-corrected chi connectivity index (χ3v) is 4.66. The van der Waals surface area contributed by atoms with Crippen LogP contribution < -0.4 is 4.74 Å². The van der Waals surface area contributed by atoms with Crippen molar-refractivity contribution in [2.75, 3.05) is 0 Å². The molecule has 0 fully saturated rings. The zero-order valence-electron chi connectivity index (χ0n) is 16.4. The van der Waals surface area contributed by atoms with Gasteiger partial charge < -0.3 is 9.64 Å². The molecule has 0 saturated heterocycles. The van der Waals surface area contributed by atoms with Crippen molar-refractivity contribution < 1.29 is 14.3 Å². The summed E-state index contributed by atoms with van der Waals surface area (Å²) in [7, 11) is 0. The highest BCUT2D eigenvalue weighted by Crippen LogP contribution is 2.27. The van der Waals surface area contributed by atoms with Gasteiger partial charge in [0.15, 0.2) is 5.84 Å². The average molecular weight is 397 g/mol. The molecule has 0 radical (unpaired) electrons. The minimum absolute atomic E-state index is 0.351. The molecule has 0 atom stereocenters. The number of rotatable bonds is 3. The molecule has 0 aromatic heterocycles. The molecule has 0 saturated carbocycles.